The van der Waals surface area contributed by atoms with Crippen molar-refractivity contribution in [1.29, 1.82) is 0 Å². The quantitative estimate of drug-likeness (QED) is 0.424. The van der Waals surface area contributed by atoms with E-state index in [0.29, 0.717) is 0 Å². The summed E-state index contributed by atoms with van der Waals surface area (Å²) in [5.74, 6) is 0. The van der Waals surface area contributed by atoms with Crippen molar-refractivity contribution >= 4 is 27.3 Å². The number of piperazine rings is 1. The Balaban J connectivity index is 1.25. The number of hydrogen-bond donors (Lipinski definition) is 0. The van der Waals surface area contributed by atoms with Gasteiger partial charge >= 0.3 is 0 Å². The number of nitrogens with zero attached hydrogens (tertiary/aromatic N) is 3. The van der Waals surface area contributed by atoms with Crippen molar-refractivity contribution in [2.45, 2.75) is 13.5 Å². The normalized spacial score (nSPS) is 15.8. The van der Waals surface area contributed by atoms with Crippen LogP contribution < -0.4 is 0 Å². The number of fused-ring (bicyclic) bond motifs is 2. The highest BCUT2D eigenvalue weighted by Gasteiger charge is 2.17. The summed E-state index contributed by atoms with van der Waals surface area (Å²) < 4.78 is 0. The van der Waals surface area contributed by atoms with E-state index in [2.05, 4.69) is 102 Å². The van der Waals surface area contributed by atoms with Crippen LogP contribution in [-0.2, 0) is 6.54 Å². The highest BCUT2D eigenvalue weighted by Crippen LogP contribution is 2.21. The van der Waals surface area contributed by atoms with E-state index in [1.807, 2.05) is 0 Å². The minimum atomic E-state index is 0.968. The fourth-order valence-corrected chi connectivity index (χ4v) is 4.35. The minimum absolute atomic E-state index is 0.968. The van der Waals surface area contributed by atoms with Gasteiger partial charge in [-0.05, 0) is 45.7 Å². The third kappa shape index (κ3) is 3.94. The van der Waals surface area contributed by atoms with Crippen molar-refractivity contribution in [1.82, 2.24) is 9.91 Å². The number of hydrogen-bond acceptors (Lipinski definition) is 3. The Labute approximate surface area is 178 Å². The van der Waals surface area contributed by atoms with Crippen LogP contribution in [0.25, 0.3) is 21.5 Å². The highest BCUT2D eigenvalue weighted by atomic mass is 15.5. The summed E-state index contributed by atoms with van der Waals surface area (Å²) in [6, 6.07) is 30.4. The summed E-state index contributed by atoms with van der Waals surface area (Å²) in [6.45, 7) is 7.13. The molecule has 0 atom stereocenters. The van der Waals surface area contributed by atoms with Gasteiger partial charge in [-0.15, -0.1) is 0 Å². The first-order valence-corrected chi connectivity index (χ1v) is 10.7. The molecule has 3 heteroatoms. The molecule has 0 N–H and O–H groups in total. The van der Waals surface area contributed by atoms with E-state index in [4.69, 9.17) is 5.10 Å². The van der Waals surface area contributed by atoms with Crippen molar-refractivity contribution in [2.75, 3.05) is 26.2 Å². The van der Waals surface area contributed by atoms with E-state index in [0.717, 1.165) is 38.4 Å². The second-order valence-corrected chi connectivity index (χ2v) is 8.12. The van der Waals surface area contributed by atoms with Gasteiger partial charge in [-0.1, -0.05) is 78.9 Å². The van der Waals surface area contributed by atoms with Crippen LogP contribution in [0.1, 0.15) is 18.1 Å². The van der Waals surface area contributed by atoms with E-state index in [1.165, 1.54) is 32.7 Å². The van der Waals surface area contributed by atoms with Crippen LogP contribution in [0.4, 0.5) is 0 Å². The first kappa shape index (κ1) is 18.8. The van der Waals surface area contributed by atoms with E-state index in [9.17, 15) is 0 Å². The Morgan fingerprint density at radius 1 is 0.733 bits per heavy atom. The maximum Gasteiger partial charge on any atom is 0.0646 e. The van der Waals surface area contributed by atoms with Crippen LogP contribution in [0, 0.1) is 0 Å². The second-order valence-electron chi connectivity index (χ2n) is 8.12. The minimum Gasteiger partial charge on any atom is -0.295 e. The molecule has 0 aromatic heterocycles. The Morgan fingerprint density at radius 3 is 2.27 bits per heavy atom. The van der Waals surface area contributed by atoms with Gasteiger partial charge in [-0.25, -0.2) is 0 Å². The lowest BCUT2D eigenvalue weighted by Gasteiger charge is -2.33. The molecule has 0 aliphatic carbocycles. The van der Waals surface area contributed by atoms with Crippen LogP contribution in [0.3, 0.4) is 0 Å². The molecule has 5 rings (SSSR count). The Kier molecular flexibility index (Phi) is 5.20. The van der Waals surface area contributed by atoms with E-state index in [1.54, 1.807) is 0 Å². The zero-order chi connectivity index (χ0) is 20.3. The molecule has 150 valence electrons. The van der Waals surface area contributed by atoms with E-state index >= 15 is 0 Å². The van der Waals surface area contributed by atoms with Crippen LogP contribution in [0.15, 0.2) is 90.0 Å². The van der Waals surface area contributed by atoms with Crippen molar-refractivity contribution in [3.8, 4) is 0 Å². The molecule has 30 heavy (non-hydrogen) atoms. The molecule has 0 unspecified atom stereocenters. The average Bonchev–Trinajstić information content (AvgIpc) is 2.80. The largest absolute Gasteiger partial charge is 0.295 e. The predicted molar refractivity (Wildman–Crippen MR) is 127 cm³/mol. The van der Waals surface area contributed by atoms with Gasteiger partial charge in [-0.3, -0.25) is 9.91 Å². The Morgan fingerprint density at radius 2 is 1.43 bits per heavy atom. The summed E-state index contributed by atoms with van der Waals surface area (Å²) in [4.78, 5) is 2.54. The maximum absolute atomic E-state index is 4.93. The Bertz CT molecular complexity index is 1200. The van der Waals surface area contributed by atoms with Gasteiger partial charge in [0.15, 0.2) is 0 Å². The van der Waals surface area contributed by atoms with Crippen LogP contribution >= 0.6 is 0 Å². The van der Waals surface area contributed by atoms with Crippen LogP contribution in [0.2, 0.25) is 0 Å². The lowest BCUT2D eigenvalue weighted by Crippen LogP contribution is -2.43. The predicted octanol–water partition coefficient (Wildman–Crippen LogP) is 5.53. The molecular formula is C27H27N3. The molecule has 0 bridgehead atoms. The molecule has 4 aromatic rings. The summed E-state index contributed by atoms with van der Waals surface area (Å²) in [7, 11) is 0. The zero-order valence-electron chi connectivity index (χ0n) is 17.5. The molecular weight excluding hydrogens is 366 g/mol. The molecule has 0 amide bonds. The SMILES string of the molecule is CC(=NN1CCN(Cc2cccc3ccccc23)CC1)c1ccc2ccccc2c1. The molecule has 1 heterocycles. The first-order chi connectivity index (χ1) is 14.8. The molecule has 3 nitrogen and oxygen atoms in total. The number of rotatable bonds is 4. The van der Waals surface area contributed by atoms with Gasteiger partial charge in [0.2, 0.25) is 0 Å². The summed E-state index contributed by atoms with van der Waals surface area (Å²) in [5.41, 5.74) is 3.70. The standard InChI is InChI=1S/C27H27N3/c1-21(24-14-13-22-7-2-3-9-25(22)19-24)28-30-17-15-29(16-18-30)20-26-11-6-10-23-8-4-5-12-27(23)26/h2-14,19H,15-18,20H2,1H3. The van der Waals surface area contributed by atoms with Gasteiger partial charge in [-0.2, -0.15) is 5.10 Å². The highest BCUT2D eigenvalue weighted by molar-refractivity contribution is 6.01. The second kappa shape index (κ2) is 8.29. The van der Waals surface area contributed by atoms with E-state index < -0.39 is 0 Å². The molecule has 0 radical (unpaired) electrons. The van der Waals surface area contributed by atoms with Gasteiger partial charge in [0.1, 0.15) is 0 Å². The maximum atomic E-state index is 4.93. The average molecular weight is 394 g/mol. The van der Waals surface area contributed by atoms with Gasteiger partial charge in [0, 0.05) is 32.7 Å². The molecule has 1 saturated heterocycles. The van der Waals surface area contributed by atoms with Gasteiger partial charge in [0.25, 0.3) is 0 Å². The summed E-state index contributed by atoms with van der Waals surface area (Å²) in [5, 5.41) is 12.4. The summed E-state index contributed by atoms with van der Waals surface area (Å²) in [6.07, 6.45) is 0. The van der Waals surface area contributed by atoms with Crippen molar-refractivity contribution in [2.24, 2.45) is 5.10 Å². The third-order valence-electron chi connectivity index (χ3n) is 6.08. The fraction of sp³-hybridized carbons (Fsp3) is 0.222. The van der Waals surface area contributed by atoms with E-state index in [-0.39, 0.29) is 0 Å². The Hall–Kier alpha value is -3.17. The van der Waals surface area contributed by atoms with Gasteiger partial charge < -0.3 is 0 Å². The number of hydrazone groups is 1. The lowest BCUT2D eigenvalue weighted by atomic mass is 10.0. The molecule has 1 fully saturated rings. The van der Waals surface area contributed by atoms with Crippen molar-refractivity contribution in [3.63, 3.8) is 0 Å². The van der Waals surface area contributed by atoms with Gasteiger partial charge in [0.05, 0.1) is 5.71 Å². The molecule has 4 aromatic carbocycles. The smallest absolute Gasteiger partial charge is 0.0646 e. The van der Waals surface area contributed by atoms with Crippen molar-refractivity contribution in [3.05, 3.63) is 96.1 Å². The van der Waals surface area contributed by atoms with Crippen LogP contribution in [0.5, 0.6) is 0 Å². The first-order valence-electron chi connectivity index (χ1n) is 10.7. The fourth-order valence-electron chi connectivity index (χ4n) is 4.35. The monoisotopic (exact) mass is 393 g/mol. The molecule has 1 aliphatic heterocycles. The lowest BCUT2D eigenvalue weighted by molar-refractivity contribution is 0.131. The molecule has 1 aliphatic rings. The molecule has 0 saturated carbocycles. The third-order valence-corrected chi connectivity index (χ3v) is 6.08. The van der Waals surface area contributed by atoms with Crippen molar-refractivity contribution < 1.29 is 0 Å². The number of benzene rings is 4. The molecule has 0 spiro atoms. The summed E-state index contributed by atoms with van der Waals surface area (Å²) >= 11 is 0. The topological polar surface area (TPSA) is 18.8 Å². The zero-order valence-corrected chi connectivity index (χ0v) is 17.5. The van der Waals surface area contributed by atoms with Crippen LogP contribution in [-0.4, -0.2) is 41.8 Å².